The van der Waals surface area contributed by atoms with E-state index in [1.54, 1.807) is 5.38 Å². The average molecular weight is 249 g/mol. The molecule has 0 saturated heterocycles. The minimum absolute atomic E-state index is 0.0617. The number of aryl methyl sites for hydroxylation is 1. The molecule has 4 nitrogen and oxygen atoms in total. The van der Waals surface area contributed by atoms with Crippen LogP contribution >= 0.6 is 11.3 Å². The highest BCUT2D eigenvalue weighted by molar-refractivity contribution is 7.90. The second-order valence-corrected chi connectivity index (χ2v) is 6.42. The molecular weight excluding hydrogens is 234 g/mol. The molecule has 0 saturated carbocycles. The van der Waals surface area contributed by atoms with Crippen molar-refractivity contribution in [3.8, 4) is 0 Å². The zero-order chi connectivity index (χ0) is 11.3. The summed E-state index contributed by atoms with van der Waals surface area (Å²) in [5, 5.41) is 11.3. The molecule has 0 aliphatic heterocycles. The molecule has 0 radical (unpaired) electrons. The Morgan fingerprint density at radius 3 is 2.87 bits per heavy atom. The maximum absolute atomic E-state index is 11.4. The van der Waals surface area contributed by atoms with Crippen LogP contribution in [0.1, 0.15) is 24.0 Å². The van der Waals surface area contributed by atoms with E-state index in [-0.39, 0.29) is 18.1 Å². The predicted molar refractivity (Wildman–Crippen MR) is 60.7 cm³/mol. The molecule has 15 heavy (non-hydrogen) atoms. The Labute approximate surface area is 93.9 Å². The van der Waals surface area contributed by atoms with Gasteiger partial charge in [-0.05, 0) is 12.8 Å². The summed E-state index contributed by atoms with van der Waals surface area (Å²) in [5.41, 5.74) is 0.594. The van der Waals surface area contributed by atoms with Gasteiger partial charge in [0.05, 0.1) is 28.8 Å². The number of aliphatic hydroxyl groups excluding tert-OH is 1. The summed E-state index contributed by atoms with van der Waals surface area (Å²) in [6, 6.07) is 0. The van der Waals surface area contributed by atoms with Crippen molar-refractivity contribution in [3.63, 3.8) is 0 Å². The van der Waals surface area contributed by atoms with Crippen LogP contribution in [0.25, 0.3) is 0 Å². The Morgan fingerprint density at radius 1 is 1.53 bits per heavy atom. The van der Waals surface area contributed by atoms with Crippen molar-refractivity contribution in [2.24, 2.45) is 0 Å². The third kappa shape index (κ3) is 4.27. The fourth-order valence-corrected chi connectivity index (χ4v) is 3.21. The van der Waals surface area contributed by atoms with Gasteiger partial charge >= 0.3 is 0 Å². The van der Waals surface area contributed by atoms with E-state index in [4.69, 9.17) is 5.11 Å². The molecule has 0 fully saturated rings. The molecule has 1 aromatic rings. The summed E-state index contributed by atoms with van der Waals surface area (Å²) in [5.74, 6) is -0.249. The first-order chi connectivity index (χ1) is 7.07. The number of hydrogen-bond donors (Lipinski definition) is 1. The quantitative estimate of drug-likeness (QED) is 0.817. The Kier molecular flexibility index (Phi) is 4.69. The number of thiazole rings is 1. The molecule has 0 aliphatic rings. The summed E-state index contributed by atoms with van der Waals surface area (Å²) in [7, 11) is -3.19. The van der Waals surface area contributed by atoms with E-state index in [2.05, 4.69) is 11.9 Å². The van der Waals surface area contributed by atoms with Gasteiger partial charge in [0.1, 0.15) is 0 Å². The van der Waals surface area contributed by atoms with Gasteiger partial charge in [-0.25, -0.2) is 13.4 Å². The highest BCUT2D eigenvalue weighted by atomic mass is 32.2. The van der Waals surface area contributed by atoms with E-state index in [1.165, 1.54) is 11.3 Å². The SMILES string of the molecule is CCCc1nc(CS(=O)(=O)CCO)cs1. The summed E-state index contributed by atoms with van der Waals surface area (Å²) < 4.78 is 22.7. The largest absolute Gasteiger partial charge is 0.395 e. The lowest BCUT2D eigenvalue weighted by atomic mass is 10.3. The van der Waals surface area contributed by atoms with Crippen molar-refractivity contribution in [3.05, 3.63) is 16.1 Å². The number of nitrogens with zero attached hydrogens (tertiary/aromatic N) is 1. The molecule has 0 unspecified atom stereocenters. The Morgan fingerprint density at radius 2 is 2.27 bits per heavy atom. The summed E-state index contributed by atoms with van der Waals surface area (Å²) in [4.78, 5) is 4.23. The second-order valence-electron chi connectivity index (χ2n) is 3.30. The van der Waals surface area contributed by atoms with Gasteiger partial charge in [0.15, 0.2) is 9.84 Å². The van der Waals surface area contributed by atoms with Crippen molar-refractivity contribution in [2.75, 3.05) is 12.4 Å². The van der Waals surface area contributed by atoms with Crippen molar-refractivity contribution in [1.82, 2.24) is 4.98 Å². The minimum Gasteiger partial charge on any atom is -0.395 e. The van der Waals surface area contributed by atoms with Gasteiger partial charge in [0.2, 0.25) is 0 Å². The first-order valence-corrected chi connectivity index (χ1v) is 7.52. The van der Waals surface area contributed by atoms with E-state index in [9.17, 15) is 8.42 Å². The van der Waals surface area contributed by atoms with Gasteiger partial charge in [0.25, 0.3) is 0 Å². The van der Waals surface area contributed by atoms with Crippen LogP contribution in [-0.4, -0.2) is 30.9 Å². The lowest BCUT2D eigenvalue weighted by molar-refractivity contribution is 0.319. The summed E-state index contributed by atoms with van der Waals surface area (Å²) in [6.45, 7) is 1.73. The van der Waals surface area contributed by atoms with Crippen LogP contribution in [0.4, 0.5) is 0 Å². The number of hydrogen-bond acceptors (Lipinski definition) is 5. The monoisotopic (exact) mass is 249 g/mol. The summed E-state index contributed by atoms with van der Waals surface area (Å²) in [6.07, 6.45) is 1.90. The van der Waals surface area contributed by atoms with Crippen LogP contribution in [0.3, 0.4) is 0 Å². The van der Waals surface area contributed by atoms with E-state index in [1.807, 2.05) is 0 Å². The molecule has 0 bridgehead atoms. The van der Waals surface area contributed by atoms with Crippen molar-refractivity contribution in [2.45, 2.75) is 25.5 Å². The van der Waals surface area contributed by atoms with Gasteiger partial charge in [-0.1, -0.05) is 6.92 Å². The van der Waals surface area contributed by atoms with Crippen molar-refractivity contribution in [1.29, 1.82) is 0 Å². The lowest BCUT2D eigenvalue weighted by Gasteiger charge is -1.98. The van der Waals surface area contributed by atoms with Crippen molar-refractivity contribution < 1.29 is 13.5 Å². The van der Waals surface area contributed by atoms with E-state index in [0.29, 0.717) is 5.69 Å². The van der Waals surface area contributed by atoms with E-state index in [0.717, 1.165) is 17.8 Å². The molecule has 1 N–H and O–H groups in total. The van der Waals surface area contributed by atoms with Crippen LogP contribution in [-0.2, 0) is 22.0 Å². The molecular formula is C9H15NO3S2. The van der Waals surface area contributed by atoms with Gasteiger partial charge < -0.3 is 5.11 Å². The zero-order valence-corrected chi connectivity index (χ0v) is 10.3. The molecule has 0 spiro atoms. The van der Waals surface area contributed by atoms with Crippen LogP contribution in [0.5, 0.6) is 0 Å². The molecule has 0 amide bonds. The standard InChI is InChI=1S/C9H15NO3S2/c1-2-3-9-10-8(6-14-9)7-15(12,13)5-4-11/h6,11H,2-5,7H2,1H3. The van der Waals surface area contributed by atoms with Crippen LogP contribution in [0.2, 0.25) is 0 Å². The number of sulfone groups is 1. The minimum atomic E-state index is -3.19. The van der Waals surface area contributed by atoms with Crippen LogP contribution in [0, 0.1) is 0 Å². The molecule has 1 rings (SSSR count). The lowest BCUT2D eigenvalue weighted by Crippen LogP contribution is -2.12. The number of rotatable bonds is 6. The average Bonchev–Trinajstić information content (AvgIpc) is 2.52. The van der Waals surface area contributed by atoms with E-state index < -0.39 is 9.84 Å². The fourth-order valence-electron chi connectivity index (χ4n) is 1.18. The van der Waals surface area contributed by atoms with Gasteiger partial charge in [-0.15, -0.1) is 11.3 Å². The Hall–Kier alpha value is -0.460. The highest BCUT2D eigenvalue weighted by Gasteiger charge is 2.13. The zero-order valence-electron chi connectivity index (χ0n) is 8.64. The third-order valence-corrected chi connectivity index (χ3v) is 4.33. The van der Waals surface area contributed by atoms with Gasteiger partial charge in [-0.3, -0.25) is 0 Å². The molecule has 86 valence electrons. The molecule has 0 aromatic carbocycles. The summed E-state index contributed by atoms with van der Waals surface area (Å²) >= 11 is 1.49. The normalized spacial score (nSPS) is 11.9. The smallest absolute Gasteiger partial charge is 0.158 e. The number of aromatic nitrogens is 1. The first kappa shape index (κ1) is 12.6. The first-order valence-electron chi connectivity index (χ1n) is 4.82. The third-order valence-electron chi connectivity index (χ3n) is 1.83. The molecule has 1 aromatic heterocycles. The maximum Gasteiger partial charge on any atom is 0.158 e. The molecule has 6 heteroatoms. The fraction of sp³-hybridized carbons (Fsp3) is 0.667. The van der Waals surface area contributed by atoms with E-state index >= 15 is 0 Å². The highest BCUT2D eigenvalue weighted by Crippen LogP contribution is 2.14. The van der Waals surface area contributed by atoms with Crippen LogP contribution in [0.15, 0.2) is 5.38 Å². The maximum atomic E-state index is 11.4. The molecule has 0 atom stereocenters. The second kappa shape index (κ2) is 5.58. The molecule has 1 heterocycles. The van der Waals surface area contributed by atoms with Crippen LogP contribution < -0.4 is 0 Å². The van der Waals surface area contributed by atoms with Crippen molar-refractivity contribution >= 4 is 21.2 Å². The topological polar surface area (TPSA) is 67.3 Å². The van der Waals surface area contributed by atoms with Gasteiger partial charge in [-0.2, -0.15) is 0 Å². The Balaban J connectivity index is 2.64. The predicted octanol–water partition coefficient (Wildman–Crippen LogP) is 1.00. The Bertz CT molecular complexity index is 397. The van der Waals surface area contributed by atoms with Gasteiger partial charge in [0, 0.05) is 5.38 Å². The number of aliphatic hydroxyl groups is 1. The molecule has 0 aliphatic carbocycles.